The van der Waals surface area contributed by atoms with Crippen molar-refractivity contribution in [3.63, 3.8) is 0 Å². The summed E-state index contributed by atoms with van der Waals surface area (Å²) in [6.07, 6.45) is 2.24. The van der Waals surface area contributed by atoms with Gasteiger partial charge in [-0.2, -0.15) is 0 Å². The van der Waals surface area contributed by atoms with Crippen LogP contribution in [0, 0.1) is 0 Å². The van der Waals surface area contributed by atoms with Crippen LogP contribution < -0.4 is 10.2 Å². The van der Waals surface area contributed by atoms with Crippen molar-refractivity contribution in [3.8, 4) is 5.75 Å². The number of nitrogens with zero attached hydrogens (tertiary/aromatic N) is 1. The van der Waals surface area contributed by atoms with E-state index in [-0.39, 0.29) is 5.41 Å². The minimum atomic E-state index is 0.0852. The molecule has 2 aromatic carbocycles. The van der Waals surface area contributed by atoms with Crippen molar-refractivity contribution in [2.45, 2.75) is 58.5 Å². The van der Waals surface area contributed by atoms with E-state index >= 15 is 0 Å². The molecule has 0 amide bonds. The zero-order chi connectivity index (χ0) is 18.7. The van der Waals surface area contributed by atoms with Crippen LogP contribution >= 0.6 is 0 Å². The molecule has 1 aliphatic heterocycles. The number of methoxy groups -OCH3 is 1. The van der Waals surface area contributed by atoms with Crippen LogP contribution in [0.15, 0.2) is 42.5 Å². The van der Waals surface area contributed by atoms with E-state index in [4.69, 9.17) is 4.74 Å². The second kappa shape index (κ2) is 7.81. The molecule has 1 heterocycles. The average molecular weight is 353 g/mol. The van der Waals surface area contributed by atoms with Crippen molar-refractivity contribution >= 4 is 0 Å². The molecule has 2 aromatic rings. The lowest BCUT2D eigenvalue weighted by molar-refractivity contribution is 0.177. The Kier molecular flexibility index (Phi) is 5.69. The molecular formula is C23H32N2O. The maximum absolute atomic E-state index is 5.46. The summed E-state index contributed by atoms with van der Waals surface area (Å²) in [5.41, 5.74) is 9.19. The first-order chi connectivity index (χ1) is 12.4. The fourth-order valence-electron chi connectivity index (χ4n) is 3.80. The van der Waals surface area contributed by atoms with Gasteiger partial charge >= 0.3 is 0 Å². The molecule has 3 heteroatoms. The van der Waals surface area contributed by atoms with Crippen LogP contribution in [0.25, 0.3) is 0 Å². The Balaban J connectivity index is 1.85. The molecule has 1 aliphatic rings. The molecule has 1 fully saturated rings. The lowest BCUT2D eigenvalue weighted by atomic mass is 9.83. The molecule has 1 atom stereocenters. The van der Waals surface area contributed by atoms with E-state index in [2.05, 4.69) is 80.6 Å². The van der Waals surface area contributed by atoms with Crippen molar-refractivity contribution in [1.29, 1.82) is 0 Å². The van der Waals surface area contributed by atoms with Gasteiger partial charge in [-0.3, -0.25) is 5.43 Å². The van der Waals surface area contributed by atoms with Crippen LogP contribution in [-0.2, 0) is 18.4 Å². The smallest absolute Gasteiger partial charge is 0.119 e. The van der Waals surface area contributed by atoms with Crippen molar-refractivity contribution in [1.82, 2.24) is 10.4 Å². The van der Waals surface area contributed by atoms with Gasteiger partial charge in [-0.1, -0.05) is 58.0 Å². The first-order valence-corrected chi connectivity index (χ1v) is 9.68. The maximum atomic E-state index is 5.46. The van der Waals surface area contributed by atoms with E-state index in [1.807, 2.05) is 0 Å². The number of hydrogen-bond acceptors (Lipinski definition) is 3. The zero-order valence-corrected chi connectivity index (χ0v) is 16.8. The summed E-state index contributed by atoms with van der Waals surface area (Å²) in [7, 11) is 1.74. The van der Waals surface area contributed by atoms with E-state index in [1.165, 1.54) is 22.3 Å². The Bertz CT molecular complexity index is 731. The molecule has 0 bridgehead atoms. The fraction of sp³-hybridized carbons (Fsp3) is 0.478. The first-order valence-electron chi connectivity index (χ1n) is 9.68. The van der Waals surface area contributed by atoms with E-state index in [0.29, 0.717) is 6.04 Å². The topological polar surface area (TPSA) is 24.5 Å². The molecule has 1 N–H and O–H groups in total. The van der Waals surface area contributed by atoms with E-state index in [0.717, 1.165) is 31.7 Å². The van der Waals surface area contributed by atoms with Gasteiger partial charge in [0.15, 0.2) is 0 Å². The second-order valence-corrected chi connectivity index (χ2v) is 8.21. The lowest BCUT2D eigenvalue weighted by Gasteiger charge is -2.29. The van der Waals surface area contributed by atoms with Crippen LogP contribution in [0.3, 0.4) is 0 Å². The lowest BCUT2D eigenvalue weighted by Crippen LogP contribution is -2.33. The van der Waals surface area contributed by atoms with Gasteiger partial charge in [0.1, 0.15) is 5.75 Å². The van der Waals surface area contributed by atoms with Crippen LogP contribution in [0.5, 0.6) is 5.75 Å². The van der Waals surface area contributed by atoms with Gasteiger partial charge in [0.25, 0.3) is 0 Å². The summed E-state index contributed by atoms with van der Waals surface area (Å²) >= 11 is 0. The van der Waals surface area contributed by atoms with Gasteiger partial charge in [0.2, 0.25) is 0 Å². The third-order valence-electron chi connectivity index (χ3n) is 5.35. The molecular weight excluding hydrogens is 320 g/mol. The van der Waals surface area contributed by atoms with Gasteiger partial charge in [-0.15, -0.1) is 0 Å². The molecule has 0 aromatic heterocycles. The first kappa shape index (κ1) is 18.9. The van der Waals surface area contributed by atoms with Crippen molar-refractivity contribution in [2.75, 3.05) is 13.7 Å². The molecule has 0 aliphatic carbocycles. The molecule has 0 spiro atoms. The predicted octanol–water partition coefficient (Wildman–Crippen LogP) is 5.01. The molecule has 140 valence electrons. The number of hydrazine groups is 1. The Morgan fingerprint density at radius 3 is 2.46 bits per heavy atom. The summed E-state index contributed by atoms with van der Waals surface area (Å²) in [4.78, 5) is 0. The van der Waals surface area contributed by atoms with Gasteiger partial charge in [0, 0.05) is 13.1 Å². The quantitative estimate of drug-likeness (QED) is 0.819. The van der Waals surface area contributed by atoms with E-state index < -0.39 is 0 Å². The second-order valence-electron chi connectivity index (χ2n) is 8.21. The number of hydrogen-bond donors (Lipinski definition) is 1. The highest BCUT2D eigenvalue weighted by atomic mass is 16.5. The summed E-state index contributed by atoms with van der Waals surface area (Å²) in [6, 6.07) is 16.0. The highest BCUT2D eigenvalue weighted by Gasteiger charge is 2.28. The number of nitrogens with one attached hydrogen (secondary N) is 1. The van der Waals surface area contributed by atoms with Crippen LogP contribution in [-0.4, -0.2) is 18.7 Å². The van der Waals surface area contributed by atoms with E-state index in [1.54, 1.807) is 7.11 Å². The average Bonchev–Trinajstić information content (AvgIpc) is 3.09. The number of aryl methyl sites for hydroxylation is 1. The molecule has 0 radical (unpaired) electrons. The van der Waals surface area contributed by atoms with Crippen LogP contribution in [0.1, 0.15) is 62.4 Å². The molecule has 1 saturated heterocycles. The fourth-order valence-corrected chi connectivity index (χ4v) is 3.80. The minimum Gasteiger partial charge on any atom is -0.497 e. The normalized spacial score (nSPS) is 18.3. The Morgan fingerprint density at radius 2 is 1.85 bits per heavy atom. The number of ether oxygens (including phenoxy) is 1. The highest BCUT2D eigenvalue weighted by molar-refractivity contribution is 5.40. The Labute approximate surface area is 158 Å². The predicted molar refractivity (Wildman–Crippen MR) is 108 cm³/mol. The van der Waals surface area contributed by atoms with Gasteiger partial charge in [-0.25, -0.2) is 5.01 Å². The van der Waals surface area contributed by atoms with Crippen LogP contribution in [0.4, 0.5) is 0 Å². The maximum Gasteiger partial charge on any atom is 0.119 e. The third-order valence-corrected chi connectivity index (χ3v) is 5.35. The standard InChI is InChI=1S/C23H32N2O/c1-6-17-7-9-18(10-8-17)22-13-14-24-25(22)16-19-11-12-20(26-5)15-21(19)23(2,3)4/h7-12,15,22,24H,6,13-14,16H2,1-5H3. The SMILES string of the molecule is CCc1ccc(C2CCNN2Cc2ccc(OC)cc2C(C)(C)C)cc1. The minimum absolute atomic E-state index is 0.0852. The molecule has 3 nitrogen and oxygen atoms in total. The molecule has 26 heavy (non-hydrogen) atoms. The molecule has 3 rings (SSSR count). The van der Waals surface area contributed by atoms with Crippen molar-refractivity contribution in [2.24, 2.45) is 0 Å². The van der Waals surface area contributed by atoms with Gasteiger partial charge in [-0.05, 0) is 52.6 Å². The van der Waals surface area contributed by atoms with Gasteiger partial charge < -0.3 is 4.74 Å². The van der Waals surface area contributed by atoms with Crippen molar-refractivity contribution < 1.29 is 4.74 Å². The highest BCUT2D eigenvalue weighted by Crippen LogP contribution is 2.33. The largest absolute Gasteiger partial charge is 0.497 e. The Morgan fingerprint density at radius 1 is 1.12 bits per heavy atom. The number of benzene rings is 2. The summed E-state index contributed by atoms with van der Waals surface area (Å²) in [6.45, 7) is 10.9. The van der Waals surface area contributed by atoms with Crippen molar-refractivity contribution in [3.05, 3.63) is 64.7 Å². The monoisotopic (exact) mass is 352 g/mol. The van der Waals surface area contributed by atoms with Gasteiger partial charge in [0.05, 0.1) is 13.2 Å². The molecule has 1 unspecified atom stereocenters. The summed E-state index contributed by atoms with van der Waals surface area (Å²) < 4.78 is 5.46. The van der Waals surface area contributed by atoms with Crippen LogP contribution in [0.2, 0.25) is 0 Å². The van der Waals surface area contributed by atoms with E-state index in [9.17, 15) is 0 Å². The third kappa shape index (κ3) is 4.11. The number of rotatable bonds is 5. The Hall–Kier alpha value is -1.84. The zero-order valence-electron chi connectivity index (χ0n) is 16.8. The summed E-state index contributed by atoms with van der Waals surface area (Å²) in [5.74, 6) is 0.930. The molecule has 0 saturated carbocycles. The summed E-state index contributed by atoms with van der Waals surface area (Å²) in [5, 5.41) is 2.40.